The van der Waals surface area contributed by atoms with Crippen molar-refractivity contribution in [3.05, 3.63) is 11.6 Å². The fraction of sp³-hybridized carbons (Fsp3) is 0.956. The largest absolute Gasteiger partial charge is 0.394 e. The molecule has 0 aromatic heterocycles. The van der Waals surface area contributed by atoms with E-state index in [1.165, 1.54) is 19.4 Å². The van der Waals surface area contributed by atoms with Crippen LogP contribution in [0.5, 0.6) is 0 Å². The van der Waals surface area contributed by atoms with Gasteiger partial charge in [0, 0.05) is 12.3 Å². The van der Waals surface area contributed by atoms with Crippen molar-refractivity contribution in [2.45, 2.75) is 209 Å². The van der Waals surface area contributed by atoms with E-state index in [1.54, 1.807) is 0 Å². The molecule has 0 radical (unpaired) electrons. The van der Waals surface area contributed by atoms with Crippen molar-refractivity contribution in [2.24, 2.45) is 46.3 Å². The predicted octanol–water partition coefficient (Wildman–Crippen LogP) is 1.24. The van der Waals surface area contributed by atoms with Crippen LogP contribution in [0.25, 0.3) is 0 Å². The zero-order valence-corrected chi connectivity index (χ0v) is 36.5. The van der Waals surface area contributed by atoms with Crippen LogP contribution in [0.1, 0.15) is 99.3 Å². The average molecular weight is 869 g/mol. The summed E-state index contributed by atoms with van der Waals surface area (Å²) in [5.74, 6) is 2.61. The maximum Gasteiger partial charge on any atom is 0.187 e. The maximum atomic E-state index is 11.6. The summed E-state index contributed by atoms with van der Waals surface area (Å²) in [6, 6.07) is 0. The molecular weight excluding hydrogens is 796 g/mol. The Morgan fingerprint density at radius 2 is 1.34 bits per heavy atom. The first-order valence-electron chi connectivity index (χ1n) is 23.2. The van der Waals surface area contributed by atoms with E-state index in [9.17, 15) is 40.9 Å². The molecule has 8 N–H and O–H groups in total. The van der Waals surface area contributed by atoms with Gasteiger partial charge >= 0.3 is 0 Å². The lowest BCUT2D eigenvalue weighted by Gasteiger charge is -2.59. The third-order valence-electron chi connectivity index (χ3n) is 17.6. The van der Waals surface area contributed by atoms with Crippen LogP contribution in [0, 0.1) is 46.3 Å². The van der Waals surface area contributed by atoms with Crippen molar-refractivity contribution in [3.63, 3.8) is 0 Å². The third-order valence-corrected chi connectivity index (χ3v) is 17.6. The first kappa shape index (κ1) is 45.3. The molecule has 1 spiro atoms. The van der Waals surface area contributed by atoms with Gasteiger partial charge in [-0.2, -0.15) is 0 Å². The van der Waals surface area contributed by atoms with Crippen molar-refractivity contribution >= 4 is 0 Å². The zero-order chi connectivity index (χ0) is 43.5. The molecule has 0 bridgehead atoms. The van der Waals surface area contributed by atoms with Gasteiger partial charge in [-0.3, -0.25) is 0 Å². The van der Waals surface area contributed by atoms with E-state index >= 15 is 0 Å². The molecule has 5 aliphatic heterocycles. The molecule has 0 aromatic carbocycles. The normalized spacial score (nSPS) is 58.4. The summed E-state index contributed by atoms with van der Waals surface area (Å²) in [7, 11) is 0. The van der Waals surface area contributed by atoms with Crippen molar-refractivity contribution in [3.8, 4) is 0 Å². The Kier molecular flexibility index (Phi) is 12.4. The van der Waals surface area contributed by atoms with Crippen LogP contribution in [0.4, 0.5) is 0 Å². The lowest BCUT2D eigenvalue weighted by Crippen LogP contribution is -2.67. The second kappa shape index (κ2) is 16.8. The number of ether oxygens (including phenoxy) is 8. The van der Waals surface area contributed by atoms with Gasteiger partial charge in [-0.05, 0) is 106 Å². The summed E-state index contributed by atoms with van der Waals surface area (Å²) in [6.45, 7) is 12.7. The number of rotatable bonds is 7. The quantitative estimate of drug-likeness (QED) is 0.168. The Bertz CT molecular complexity index is 1590. The van der Waals surface area contributed by atoms with Gasteiger partial charge in [0.2, 0.25) is 0 Å². The Morgan fingerprint density at radius 1 is 0.689 bits per heavy atom. The molecule has 0 unspecified atom stereocenters. The first-order chi connectivity index (χ1) is 28.9. The molecule has 26 atom stereocenters. The molecule has 5 saturated heterocycles. The first-order valence-corrected chi connectivity index (χ1v) is 23.2. The highest BCUT2D eigenvalue weighted by Crippen LogP contribution is 2.70. The van der Waals surface area contributed by atoms with E-state index in [0.29, 0.717) is 48.3 Å². The molecule has 9 aliphatic rings. The minimum absolute atomic E-state index is 0.0272. The highest BCUT2D eigenvalue weighted by atomic mass is 16.8. The van der Waals surface area contributed by atoms with Crippen LogP contribution in [0.15, 0.2) is 11.6 Å². The molecular formula is C45H72O16. The van der Waals surface area contributed by atoms with Gasteiger partial charge in [0.15, 0.2) is 24.7 Å². The number of hydrogen-bond acceptors (Lipinski definition) is 16. The Hall–Kier alpha value is -0.900. The number of aliphatic hydroxyl groups is 8. The third kappa shape index (κ3) is 7.42. The average Bonchev–Trinajstić information content (AvgIpc) is 3.69. The summed E-state index contributed by atoms with van der Waals surface area (Å²) in [5, 5.41) is 85.9. The van der Waals surface area contributed by atoms with Crippen molar-refractivity contribution in [1.82, 2.24) is 0 Å². The molecule has 4 aliphatic carbocycles. The molecule has 16 nitrogen and oxygen atoms in total. The fourth-order valence-corrected chi connectivity index (χ4v) is 14.0. The lowest BCUT2D eigenvalue weighted by molar-refractivity contribution is -0.393. The SMILES string of the molecule is C[C@@H]1CC[C@@]2(OC1)O[C@H]1C[C@H]3[C@@H]4CC=C5C[C@@H](O[C@@H]6O[C@H](CO)[C@@H](O)[C@H](O[C@@H]7O[C@@H](C)[C@H](O)[C@@H](O)[C@H]7O)[C@H]6O[C@H]6O[C@H](C)[C@@H](O)[C@H](O)[C@@H]6O)CC[C@]5(C)[C@H]4CC[C@]3(C)[C@H]1[C@@H]2C. The van der Waals surface area contributed by atoms with Gasteiger partial charge in [0.1, 0.15) is 61.0 Å². The Morgan fingerprint density at radius 3 is 1.97 bits per heavy atom. The van der Waals surface area contributed by atoms with Crippen LogP contribution in [-0.2, 0) is 37.9 Å². The second-order valence-electron chi connectivity index (χ2n) is 21.1. The van der Waals surface area contributed by atoms with Crippen LogP contribution < -0.4 is 0 Å². The monoisotopic (exact) mass is 868 g/mol. The Labute approximate surface area is 358 Å². The highest BCUT2D eigenvalue weighted by Gasteiger charge is 2.69. The van der Waals surface area contributed by atoms with E-state index in [0.717, 1.165) is 51.6 Å². The molecule has 8 fully saturated rings. The molecule has 9 rings (SSSR count). The van der Waals surface area contributed by atoms with E-state index in [2.05, 4.69) is 33.8 Å². The highest BCUT2D eigenvalue weighted by molar-refractivity contribution is 5.26. The summed E-state index contributed by atoms with van der Waals surface area (Å²) >= 11 is 0. The van der Waals surface area contributed by atoms with Gasteiger partial charge in [-0.15, -0.1) is 0 Å². The molecule has 348 valence electrons. The van der Waals surface area contributed by atoms with Crippen LogP contribution >= 0.6 is 0 Å². The summed E-state index contributed by atoms with van der Waals surface area (Å²) in [5.41, 5.74) is 1.51. The van der Waals surface area contributed by atoms with Crippen molar-refractivity contribution in [1.29, 1.82) is 0 Å². The summed E-state index contributed by atoms with van der Waals surface area (Å²) in [6.07, 6.45) is -10.6. The second-order valence-corrected chi connectivity index (χ2v) is 21.1. The minimum Gasteiger partial charge on any atom is -0.394 e. The van der Waals surface area contributed by atoms with Gasteiger partial charge in [0.25, 0.3) is 0 Å². The molecule has 0 aromatic rings. The number of hydrogen-bond donors (Lipinski definition) is 8. The van der Waals surface area contributed by atoms with Gasteiger partial charge in [-0.25, -0.2) is 0 Å². The standard InChI is InChI=1S/C45H72O16/c1-19-9-14-45(54-18-19)20(2)30-28(61-45)16-27-25-8-7-23-15-24(10-12-43(23,5)26(25)11-13-44(27,30)6)57-42-39(60-41-37(53)35(51)32(48)22(4)56-41)38(33(49)29(17-46)58-42)59-40-36(52)34(50)31(47)21(3)55-40/h7,19-22,24-42,46-53H,8-18H2,1-6H3/t19-,20+,21+,22-,24+,25-,26+,27+,28+,29-,30+,31+,32-,33-,34-,35+,36-,37+,38+,39-,40+,41-,42-,43+,44+,45-/m1/s1. The number of fused-ring (bicyclic) bond motifs is 7. The predicted molar refractivity (Wildman–Crippen MR) is 213 cm³/mol. The minimum atomic E-state index is -1.73. The van der Waals surface area contributed by atoms with Crippen molar-refractivity contribution in [2.75, 3.05) is 13.2 Å². The van der Waals surface area contributed by atoms with Crippen LogP contribution in [0.3, 0.4) is 0 Å². The molecule has 16 heteroatoms. The zero-order valence-electron chi connectivity index (χ0n) is 36.5. The molecule has 3 saturated carbocycles. The van der Waals surface area contributed by atoms with E-state index in [1.807, 2.05) is 0 Å². The number of allylic oxidation sites excluding steroid dienone is 1. The fourth-order valence-electron chi connectivity index (χ4n) is 14.0. The van der Waals surface area contributed by atoms with Crippen molar-refractivity contribution < 1.29 is 78.7 Å². The smallest absolute Gasteiger partial charge is 0.187 e. The maximum absolute atomic E-state index is 11.6. The molecule has 5 heterocycles. The van der Waals surface area contributed by atoms with E-state index < -0.39 is 105 Å². The molecule has 0 amide bonds. The van der Waals surface area contributed by atoms with Crippen LogP contribution in [0.2, 0.25) is 0 Å². The van der Waals surface area contributed by atoms with Gasteiger partial charge in [-0.1, -0.05) is 39.3 Å². The van der Waals surface area contributed by atoms with E-state index in [4.69, 9.17) is 37.9 Å². The molecule has 61 heavy (non-hydrogen) atoms. The van der Waals surface area contributed by atoms with Gasteiger partial charge < -0.3 is 78.7 Å². The Balaban J connectivity index is 0.937. The summed E-state index contributed by atoms with van der Waals surface area (Å²) < 4.78 is 50.5. The lowest BCUT2D eigenvalue weighted by atomic mass is 9.47. The van der Waals surface area contributed by atoms with Gasteiger partial charge in [0.05, 0.1) is 37.6 Å². The van der Waals surface area contributed by atoms with E-state index in [-0.39, 0.29) is 23.0 Å². The number of aliphatic hydroxyl groups excluding tert-OH is 8. The van der Waals surface area contributed by atoms with Crippen LogP contribution in [-0.4, -0.2) is 164 Å². The topological polar surface area (TPSA) is 236 Å². The summed E-state index contributed by atoms with van der Waals surface area (Å²) in [4.78, 5) is 0.